The van der Waals surface area contributed by atoms with Gasteiger partial charge in [0.25, 0.3) is 0 Å². The predicted octanol–water partition coefficient (Wildman–Crippen LogP) is 2.79. The van der Waals surface area contributed by atoms with Crippen LogP contribution in [0.4, 0.5) is 0 Å². The van der Waals surface area contributed by atoms with Crippen LogP contribution in [0.15, 0.2) is 0 Å². The van der Waals surface area contributed by atoms with Crippen LogP contribution in [0.25, 0.3) is 0 Å². The van der Waals surface area contributed by atoms with Crippen molar-refractivity contribution in [1.82, 2.24) is 0 Å². The average Bonchev–Trinajstić information content (AvgIpc) is 2.59. The zero-order valence-corrected chi connectivity index (χ0v) is 8.38. The Bertz CT molecular complexity index is 258. The third-order valence-corrected chi connectivity index (χ3v) is 5.04. The van der Waals surface area contributed by atoms with Crippen LogP contribution in [0.5, 0.6) is 0 Å². The van der Waals surface area contributed by atoms with Crippen molar-refractivity contribution in [2.45, 2.75) is 45.4 Å². The van der Waals surface area contributed by atoms with Crippen LogP contribution in [0.2, 0.25) is 0 Å². The molecule has 1 heteroatoms. The molecule has 13 heavy (non-hydrogen) atoms. The van der Waals surface area contributed by atoms with Gasteiger partial charge in [-0.15, -0.1) is 0 Å². The van der Waals surface area contributed by atoms with E-state index >= 15 is 0 Å². The number of hydrogen-bond acceptors (Lipinski definition) is 1. The van der Waals surface area contributed by atoms with Gasteiger partial charge in [0.15, 0.2) is 0 Å². The van der Waals surface area contributed by atoms with E-state index in [4.69, 9.17) is 0 Å². The van der Waals surface area contributed by atoms with E-state index in [0.717, 1.165) is 30.6 Å². The van der Waals surface area contributed by atoms with Gasteiger partial charge in [0.1, 0.15) is 5.78 Å². The van der Waals surface area contributed by atoms with Gasteiger partial charge in [-0.2, -0.15) is 0 Å². The molecule has 0 aromatic carbocycles. The quantitative estimate of drug-likeness (QED) is 0.557. The number of carbonyl (C=O) groups is 1. The summed E-state index contributed by atoms with van der Waals surface area (Å²) in [6.07, 6.45) is 7.28. The number of carbonyl (C=O) groups excluding carboxylic acids is 1. The summed E-state index contributed by atoms with van der Waals surface area (Å²) in [5.74, 6) is 3.22. The van der Waals surface area contributed by atoms with Crippen LogP contribution in [0.3, 0.4) is 0 Å². The maximum Gasteiger partial charge on any atom is 0.133 e. The molecule has 4 unspecified atom stereocenters. The smallest absolute Gasteiger partial charge is 0.133 e. The van der Waals surface area contributed by atoms with Gasteiger partial charge in [0.05, 0.1) is 0 Å². The molecular weight excluding hydrogens is 160 g/mol. The number of rotatable bonds is 0. The van der Waals surface area contributed by atoms with Crippen molar-refractivity contribution < 1.29 is 4.79 Å². The second-order valence-corrected chi connectivity index (χ2v) is 5.71. The predicted molar refractivity (Wildman–Crippen MR) is 51.3 cm³/mol. The van der Waals surface area contributed by atoms with Crippen LogP contribution in [-0.2, 0) is 4.79 Å². The Balaban J connectivity index is 1.91. The van der Waals surface area contributed by atoms with Gasteiger partial charge < -0.3 is 0 Å². The summed E-state index contributed by atoms with van der Waals surface area (Å²) >= 11 is 0. The molecule has 0 N–H and O–H groups in total. The molecule has 0 amide bonds. The summed E-state index contributed by atoms with van der Waals surface area (Å²) < 4.78 is 0. The highest BCUT2D eigenvalue weighted by molar-refractivity contribution is 5.79. The van der Waals surface area contributed by atoms with E-state index in [1.165, 1.54) is 25.7 Å². The van der Waals surface area contributed by atoms with Crippen LogP contribution >= 0.6 is 0 Å². The Morgan fingerprint density at radius 1 is 1.38 bits per heavy atom. The normalized spacial score (nSPS) is 53.9. The summed E-state index contributed by atoms with van der Waals surface area (Å²) in [7, 11) is 0. The zero-order valence-electron chi connectivity index (χ0n) is 8.38. The van der Waals surface area contributed by atoms with Crippen molar-refractivity contribution in [2.75, 3.05) is 0 Å². The van der Waals surface area contributed by atoms with Crippen molar-refractivity contribution in [2.24, 2.45) is 23.2 Å². The van der Waals surface area contributed by atoms with Gasteiger partial charge in [0.2, 0.25) is 0 Å². The highest BCUT2D eigenvalue weighted by atomic mass is 16.1. The molecule has 0 spiro atoms. The minimum atomic E-state index is 0.537. The van der Waals surface area contributed by atoms with Gasteiger partial charge in [-0.1, -0.05) is 6.92 Å². The first-order chi connectivity index (χ1) is 6.19. The Hall–Kier alpha value is -0.330. The lowest BCUT2D eigenvalue weighted by atomic mass is 9.65. The SMILES string of the molecule is CC12CCC(C1)C1CCC(=O)CC12. The molecule has 3 aliphatic carbocycles. The van der Waals surface area contributed by atoms with Gasteiger partial charge >= 0.3 is 0 Å². The maximum absolute atomic E-state index is 11.4. The Morgan fingerprint density at radius 3 is 3.08 bits per heavy atom. The van der Waals surface area contributed by atoms with Crippen molar-refractivity contribution in [3.05, 3.63) is 0 Å². The minimum absolute atomic E-state index is 0.537. The zero-order chi connectivity index (χ0) is 9.05. The molecule has 0 radical (unpaired) electrons. The highest BCUT2D eigenvalue weighted by Gasteiger charge is 2.55. The first-order valence-electron chi connectivity index (χ1n) is 5.71. The summed E-state index contributed by atoms with van der Waals surface area (Å²) in [5, 5.41) is 0. The van der Waals surface area contributed by atoms with Crippen molar-refractivity contribution in [3.63, 3.8) is 0 Å². The molecule has 3 fully saturated rings. The molecule has 72 valence electrons. The fraction of sp³-hybridized carbons (Fsp3) is 0.917. The summed E-state index contributed by atoms with van der Waals surface area (Å²) in [6, 6.07) is 0. The summed E-state index contributed by atoms with van der Waals surface area (Å²) in [5.41, 5.74) is 0.561. The molecule has 3 rings (SSSR count). The van der Waals surface area contributed by atoms with E-state index in [1.54, 1.807) is 0 Å². The Labute approximate surface area is 79.9 Å². The molecule has 0 aromatic heterocycles. The highest BCUT2D eigenvalue weighted by Crippen LogP contribution is 2.63. The second kappa shape index (κ2) is 2.37. The number of fused-ring (bicyclic) bond motifs is 5. The molecule has 0 aliphatic heterocycles. The molecule has 3 aliphatic rings. The molecular formula is C12H18O. The molecule has 4 atom stereocenters. The van der Waals surface area contributed by atoms with Gasteiger partial charge in [0, 0.05) is 12.8 Å². The van der Waals surface area contributed by atoms with Crippen LogP contribution < -0.4 is 0 Å². The van der Waals surface area contributed by atoms with Crippen LogP contribution in [0, 0.1) is 23.2 Å². The third kappa shape index (κ3) is 0.963. The van der Waals surface area contributed by atoms with Gasteiger partial charge in [-0.25, -0.2) is 0 Å². The molecule has 2 bridgehead atoms. The van der Waals surface area contributed by atoms with E-state index in [9.17, 15) is 4.79 Å². The largest absolute Gasteiger partial charge is 0.300 e. The standard InChI is InChI=1S/C12H18O/c1-12-5-4-8(7-12)10-3-2-9(13)6-11(10)12/h8,10-11H,2-7H2,1H3. The van der Waals surface area contributed by atoms with Gasteiger partial charge in [-0.3, -0.25) is 4.79 Å². The first kappa shape index (κ1) is 8.02. The number of hydrogen-bond donors (Lipinski definition) is 0. The van der Waals surface area contributed by atoms with E-state index in [2.05, 4.69) is 6.92 Å². The molecule has 0 heterocycles. The van der Waals surface area contributed by atoms with E-state index in [1.807, 2.05) is 0 Å². The van der Waals surface area contributed by atoms with E-state index in [0.29, 0.717) is 11.2 Å². The number of ketones is 1. The van der Waals surface area contributed by atoms with Crippen molar-refractivity contribution in [1.29, 1.82) is 0 Å². The fourth-order valence-electron chi connectivity index (χ4n) is 4.38. The fourth-order valence-corrected chi connectivity index (χ4v) is 4.38. The maximum atomic E-state index is 11.4. The molecule has 0 aromatic rings. The lowest BCUT2D eigenvalue weighted by Gasteiger charge is -2.39. The first-order valence-corrected chi connectivity index (χ1v) is 5.71. The molecule has 3 saturated carbocycles. The lowest BCUT2D eigenvalue weighted by molar-refractivity contribution is -0.124. The topological polar surface area (TPSA) is 17.1 Å². The van der Waals surface area contributed by atoms with Crippen LogP contribution in [0.1, 0.15) is 45.4 Å². The summed E-state index contributed by atoms with van der Waals surface area (Å²) in [4.78, 5) is 11.4. The second-order valence-electron chi connectivity index (χ2n) is 5.71. The molecule has 1 nitrogen and oxygen atoms in total. The minimum Gasteiger partial charge on any atom is -0.300 e. The monoisotopic (exact) mass is 178 g/mol. The Morgan fingerprint density at radius 2 is 2.23 bits per heavy atom. The Kier molecular flexibility index (Phi) is 1.46. The van der Waals surface area contributed by atoms with E-state index < -0.39 is 0 Å². The molecule has 0 saturated heterocycles. The van der Waals surface area contributed by atoms with Crippen molar-refractivity contribution in [3.8, 4) is 0 Å². The van der Waals surface area contributed by atoms with Gasteiger partial charge in [-0.05, 0) is 48.9 Å². The van der Waals surface area contributed by atoms with E-state index in [-0.39, 0.29) is 0 Å². The van der Waals surface area contributed by atoms with Crippen molar-refractivity contribution >= 4 is 5.78 Å². The third-order valence-electron chi connectivity index (χ3n) is 5.04. The average molecular weight is 178 g/mol. The lowest BCUT2D eigenvalue weighted by Crippen LogP contribution is -2.34. The summed E-state index contributed by atoms with van der Waals surface area (Å²) in [6.45, 7) is 2.43. The van der Waals surface area contributed by atoms with Crippen LogP contribution in [-0.4, -0.2) is 5.78 Å². The number of Topliss-reactive ketones (excluding diaryl/α,β-unsaturated/α-hetero) is 1.